The van der Waals surface area contributed by atoms with E-state index in [4.69, 9.17) is 14.0 Å². The second-order valence-corrected chi connectivity index (χ2v) is 8.92. The molecule has 36 heavy (non-hydrogen) atoms. The molecular weight excluding hydrogens is 456 g/mol. The van der Waals surface area contributed by atoms with E-state index in [-0.39, 0.29) is 0 Å². The van der Waals surface area contributed by atoms with E-state index in [1.807, 2.05) is 85.8 Å². The lowest BCUT2D eigenvalue weighted by molar-refractivity contribution is -0.136. The summed E-state index contributed by atoms with van der Waals surface area (Å²) in [4.78, 5) is 23.4. The molecule has 1 fully saturated rings. The summed E-state index contributed by atoms with van der Waals surface area (Å²) in [7, 11) is 0. The molecule has 0 radical (unpaired) electrons. The molecule has 1 saturated carbocycles. The van der Waals surface area contributed by atoms with Crippen molar-refractivity contribution < 1.29 is 23.6 Å². The Hall–Kier alpha value is -4.39. The molecule has 1 aliphatic rings. The summed E-state index contributed by atoms with van der Waals surface area (Å²) in [6.45, 7) is 4.11. The monoisotopic (exact) mass is 482 g/mol. The predicted molar refractivity (Wildman–Crippen MR) is 135 cm³/mol. The van der Waals surface area contributed by atoms with Crippen LogP contribution in [-0.4, -0.2) is 17.7 Å². The molecule has 1 amide bonds. The lowest BCUT2D eigenvalue weighted by Crippen LogP contribution is -2.16. The molecule has 4 aromatic rings. The van der Waals surface area contributed by atoms with Gasteiger partial charge in [0.1, 0.15) is 23.1 Å². The Bertz CT molecular complexity index is 1360. The Labute approximate surface area is 209 Å². The van der Waals surface area contributed by atoms with Crippen molar-refractivity contribution in [2.75, 3.05) is 5.32 Å². The van der Waals surface area contributed by atoms with Crippen molar-refractivity contribution in [3.63, 3.8) is 0 Å². The van der Waals surface area contributed by atoms with E-state index >= 15 is 0 Å². The fourth-order valence-corrected chi connectivity index (χ4v) is 4.26. The average molecular weight is 483 g/mol. The first-order chi connectivity index (χ1) is 17.5. The maximum Gasteiger partial charge on any atom is 0.412 e. The van der Waals surface area contributed by atoms with Gasteiger partial charge in [-0.2, -0.15) is 0 Å². The molecule has 0 saturated heterocycles. The van der Waals surface area contributed by atoms with Crippen molar-refractivity contribution in [1.29, 1.82) is 0 Å². The van der Waals surface area contributed by atoms with Crippen molar-refractivity contribution >= 4 is 18.3 Å². The highest BCUT2D eigenvalue weighted by Crippen LogP contribution is 2.49. The molecule has 1 aliphatic carbocycles. The lowest BCUT2D eigenvalue weighted by atomic mass is 9.99. The summed E-state index contributed by atoms with van der Waals surface area (Å²) in [6, 6.07) is 25.4. The van der Waals surface area contributed by atoms with Gasteiger partial charge in [-0.1, -0.05) is 84.0 Å². The minimum absolute atomic E-state index is 0.403. The largest absolute Gasteiger partial charge is 0.456 e. The first-order valence-electron chi connectivity index (χ1n) is 11.8. The number of carbonyl (C=O) groups is 2. The van der Waals surface area contributed by atoms with Gasteiger partial charge in [-0.15, -0.1) is 0 Å². The number of benzene rings is 3. The van der Waals surface area contributed by atoms with Gasteiger partial charge in [0.25, 0.3) is 6.47 Å². The second kappa shape index (κ2) is 9.70. The molecule has 5 rings (SSSR count). The van der Waals surface area contributed by atoms with Gasteiger partial charge < -0.3 is 14.0 Å². The van der Waals surface area contributed by atoms with Crippen LogP contribution in [0.25, 0.3) is 22.5 Å². The number of hydrogen-bond acceptors (Lipinski definition) is 6. The average Bonchev–Trinajstić information content (AvgIpc) is 3.61. The van der Waals surface area contributed by atoms with Crippen LogP contribution in [0.5, 0.6) is 0 Å². The highest BCUT2D eigenvalue weighted by atomic mass is 16.6. The molecule has 0 unspecified atom stereocenters. The number of aromatic nitrogens is 1. The SMILES string of the molecule is Cc1noc(-c2ccc(-c3ccc(C4(OC=O)CC4)cc3)cc2)c1NC(=O)O[C@H](C)c1ccccc1. The van der Waals surface area contributed by atoms with Gasteiger partial charge in [-0.3, -0.25) is 10.1 Å². The Balaban J connectivity index is 1.29. The minimum Gasteiger partial charge on any atom is -0.456 e. The first kappa shape index (κ1) is 23.4. The number of amides is 1. The molecule has 182 valence electrons. The van der Waals surface area contributed by atoms with Gasteiger partial charge in [0.2, 0.25) is 0 Å². The normalized spacial score (nSPS) is 14.5. The molecule has 0 spiro atoms. The van der Waals surface area contributed by atoms with E-state index < -0.39 is 17.8 Å². The summed E-state index contributed by atoms with van der Waals surface area (Å²) in [5.41, 5.74) is 5.34. The van der Waals surface area contributed by atoms with Crippen LogP contribution in [0, 0.1) is 6.92 Å². The van der Waals surface area contributed by atoms with E-state index in [1.165, 1.54) is 0 Å². The fraction of sp³-hybridized carbons (Fsp3) is 0.207. The third kappa shape index (κ3) is 4.73. The quantitative estimate of drug-likeness (QED) is 0.278. The van der Waals surface area contributed by atoms with Crippen LogP contribution < -0.4 is 5.32 Å². The van der Waals surface area contributed by atoms with Crippen LogP contribution in [0.2, 0.25) is 0 Å². The van der Waals surface area contributed by atoms with Crippen molar-refractivity contribution in [1.82, 2.24) is 5.16 Å². The summed E-state index contributed by atoms with van der Waals surface area (Å²) in [6.07, 6.45) is 0.722. The zero-order valence-electron chi connectivity index (χ0n) is 20.1. The van der Waals surface area contributed by atoms with Gasteiger partial charge in [0.15, 0.2) is 5.76 Å². The Morgan fingerprint density at radius 3 is 2.19 bits per heavy atom. The fourth-order valence-electron chi connectivity index (χ4n) is 4.26. The molecule has 7 heteroatoms. The zero-order chi connectivity index (χ0) is 25.1. The Morgan fingerprint density at radius 2 is 1.58 bits per heavy atom. The summed E-state index contributed by atoms with van der Waals surface area (Å²) in [5, 5.41) is 6.82. The van der Waals surface area contributed by atoms with Gasteiger partial charge in [0, 0.05) is 5.56 Å². The Morgan fingerprint density at radius 1 is 0.972 bits per heavy atom. The zero-order valence-corrected chi connectivity index (χ0v) is 20.1. The minimum atomic E-state index is -0.581. The third-order valence-electron chi connectivity index (χ3n) is 6.51. The molecule has 1 atom stereocenters. The topological polar surface area (TPSA) is 90.7 Å². The molecular formula is C29H26N2O5. The number of rotatable bonds is 8. The van der Waals surface area contributed by atoms with E-state index in [9.17, 15) is 9.59 Å². The van der Waals surface area contributed by atoms with Gasteiger partial charge in [-0.25, -0.2) is 4.79 Å². The number of nitrogens with zero attached hydrogens (tertiary/aromatic N) is 1. The predicted octanol–water partition coefficient (Wildman–Crippen LogP) is 6.79. The van der Waals surface area contributed by atoms with E-state index in [0.717, 1.165) is 40.7 Å². The molecule has 0 bridgehead atoms. The number of ether oxygens (including phenoxy) is 2. The molecule has 3 aromatic carbocycles. The molecule has 0 aliphatic heterocycles. The van der Waals surface area contributed by atoms with Crippen LogP contribution in [0.3, 0.4) is 0 Å². The number of aryl methyl sites for hydroxylation is 1. The van der Waals surface area contributed by atoms with Crippen molar-refractivity contribution in [2.45, 2.75) is 38.4 Å². The van der Waals surface area contributed by atoms with Crippen LogP contribution >= 0.6 is 0 Å². The molecule has 1 N–H and O–H groups in total. The maximum atomic E-state index is 12.6. The molecule has 1 heterocycles. The maximum absolute atomic E-state index is 12.6. The number of carbonyl (C=O) groups excluding carboxylic acids is 2. The van der Waals surface area contributed by atoms with Crippen LogP contribution in [0.1, 0.15) is 42.7 Å². The van der Waals surface area contributed by atoms with Gasteiger partial charge in [-0.05, 0) is 48.9 Å². The summed E-state index contributed by atoms with van der Waals surface area (Å²) >= 11 is 0. The van der Waals surface area contributed by atoms with Crippen LogP contribution in [-0.2, 0) is 19.9 Å². The highest BCUT2D eigenvalue weighted by molar-refractivity contribution is 5.91. The van der Waals surface area contributed by atoms with Crippen molar-refractivity contribution in [3.05, 3.63) is 95.7 Å². The third-order valence-corrected chi connectivity index (χ3v) is 6.51. The standard InChI is InChI=1S/C29H26N2O5/c1-19-26(30-28(33)35-20(2)21-6-4-3-5-7-21)27(36-31-19)24-10-8-22(9-11-24)23-12-14-25(15-13-23)29(16-17-29)34-18-32/h3-15,18,20H,16-17H2,1-2H3,(H,30,33)/t20-/m1/s1. The second-order valence-electron chi connectivity index (χ2n) is 8.92. The van der Waals surface area contributed by atoms with E-state index in [2.05, 4.69) is 10.5 Å². The van der Waals surface area contributed by atoms with E-state index in [1.54, 1.807) is 6.92 Å². The van der Waals surface area contributed by atoms with Crippen LogP contribution in [0.15, 0.2) is 83.4 Å². The number of nitrogens with one attached hydrogen (secondary N) is 1. The van der Waals surface area contributed by atoms with Crippen molar-refractivity contribution in [2.24, 2.45) is 0 Å². The van der Waals surface area contributed by atoms with Crippen molar-refractivity contribution in [3.8, 4) is 22.5 Å². The lowest BCUT2D eigenvalue weighted by Gasteiger charge is -2.14. The summed E-state index contributed by atoms with van der Waals surface area (Å²) < 4.78 is 16.4. The van der Waals surface area contributed by atoms with Gasteiger partial charge >= 0.3 is 6.09 Å². The highest BCUT2D eigenvalue weighted by Gasteiger charge is 2.46. The Kier molecular flexibility index (Phi) is 6.29. The van der Waals surface area contributed by atoms with Crippen LogP contribution in [0.4, 0.5) is 10.5 Å². The van der Waals surface area contributed by atoms with Gasteiger partial charge in [0.05, 0.1) is 0 Å². The molecule has 7 nitrogen and oxygen atoms in total. The smallest absolute Gasteiger partial charge is 0.412 e. The van der Waals surface area contributed by atoms with E-state index in [0.29, 0.717) is 23.6 Å². The number of hydrogen-bond donors (Lipinski definition) is 1. The number of anilines is 1. The summed E-state index contributed by atoms with van der Waals surface area (Å²) in [5.74, 6) is 0.459. The first-order valence-corrected chi connectivity index (χ1v) is 11.8. The molecule has 1 aromatic heterocycles.